The van der Waals surface area contributed by atoms with E-state index in [4.69, 9.17) is 5.26 Å². The van der Waals surface area contributed by atoms with Gasteiger partial charge in [0.25, 0.3) is 0 Å². The molecule has 0 fully saturated rings. The molecule has 0 aliphatic heterocycles. The van der Waals surface area contributed by atoms with Gasteiger partial charge in [-0.25, -0.2) is 0 Å². The van der Waals surface area contributed by atoms with Crippen LogP contribution < -0.4 is 0 Å². The summed E-state index contributed by atoms with van der Waals surface area (Å²) in [4.78, 5) is 0. The summed E-state index contributed by atoms with van der Waals surface area (Å²) in [6.07, 6.45) is 0. The second-order valence-electron chi connectivity index (χ2n) is 0.541. The molecular weight excluding hydrogens is 136 g/mol. The molecule has 0 heterocycles. The van der Waals surface area contributed by atoms with E-state index in [1.807, 2.05) is 0 Å². The molecule has 38 valence electrons. The van der Waals surface area contributed by atoms with Crippen LogP contribution in [0.2, 0.25) is 0 Å². The molecular formula is O5Si2. The Hall–Kier alpha value is -0.246. The van der Waals surface area contributed by atoms with Crippen LogP contribution in [0.3, 0.4) is 0 Å². The number of hydrogen-bond donors (Lipinski definition) is 0. The van der Waals surface area contributed by atoms with Crippen LogP contribution in [0.5, 0.6) is 0 Å². The topological polar surface area (TPSA) is 72.5 Å². The van der Waals surface area contributed by atoms with Crippen LogP contribution >= 0.6 is 0 Å². The Balaban J connectivity index is 3.17. The van der Waals surface area contributed by atoms with Gasteiger partial charge >= 0.3 is 17.4 Å². The van der Waals surface area contributed by atoms with Crippen LogP contribution in [0.15, 0.2) is 0 Å². The van der Waals surface area contributed by atoms with E-state index < -0.39 is 17.4 Å². The van der Waals surface area contributed by atoms with E-state index in [-0.39, 0.29) is 0 Å². The summed E-state index contributed by atoms with van der Waals surface area (Å²) in [7, 11) is -3.80. The van der Waals surface area contributed by atoms with Crippen LogP contribution in [0, 0.1) is 0 Å². The van der Waals surface area contributed by atoms with Crippen molar-refractivity contribution in [3.63, 3.8) is 0 Å². The highest BCUT2D eigenvalue weighted by Gasteiger charge is 2.07. The smallest absolute Gasteiger partial charge is 0.376 e. The van der Waals surface area contributed by atoms with E-state index in [2.05, 4.69) is 9.61 Å². The van der Waals surface area contributed by atoms with Crippen LogP contribution in [0.1, 0.15) is 0 Å². The maximum atomic E-state index is 9.75. The van der Waals surface area contributed by atoms with E-state index >= 15 is 0 Å². The van der Waals surface area contributed by atoms with Crippen LogP contribution in [0.4, 0.5) is 0 Å². The van der Waals surface area contributed by atoms with E-state index in [1.165, 1.54) is 0 Å². The lowest BCUT2D eigenvalue weighted by atomic mass is 14.6. The summed E-state index contributed by atoms with van der Waals surface area (Å²) in [6, 6.07) is 0. The third-order valence-electron chi connectivity index (χ3n) is 0.193. The molecule has 0 aliphatic rings. The zero-order valence-corrected chi connectivity index (χ0v) is 5.04. The van der Waals surface area contributed by atoms with Crippen LogP contribution in [-0.4, -0.2) is 17.4 Å². The first kappa shape index (κ1) is 6.75. The third-order valence-corrected chi connectivity index (χ3v) is 1.33. The molecule has 0 aliphatic carbocycles. The van der Waals surface area contributed by atoms with Gasteiger partial charge in [0.05, 0.1) is 0 Å². The largest absolute Gasteiger partial charge is 0.584 e. The highest BCUT2D eigenvalue weighted by molar-refractivity contribution is 6.93. The minimum atomic E-state index is -2.69. The molecule has 0 bridgehead atoms. The maximum Gasteiger partial charge on any atom is 0.584 e. The lowest BCUT2D eigenvalue weighted by Gasteiger charge is -1.79. The first-order valence-electron chi connectivity index (χ1n) is 1.20. The lowest BCUT2D eigenvalue weighted by Crippen LogP contribution is -2.08. The Bertz CT molecular complexity index is 76.1. The molecule has 0 saturated carbocycles. The maximum absolute atomic E-state index is 9.75. The molecule has 0 atom stereocenters. The van der Waals surface area contributed by atoms with Gasteiger partial charge in [0.2, 0.25) is 0 Å². The van der Waals surface area contributed by atoms with Gasteiger partial charge in [-0.15, -0.1) is 0 Å². The van der Waals surface area contributed by atoms with E-state index in [1.54, 1.807) is 0 Å². The average Bonchev–Trinajstić information content (AvgIpc) is 1.68. The Morgan fingerprint density at radius 1 is 1.57 bits per heavy atom. The first-order valence-corrected chi connectivity index (χ1v) is 4.42. The summed E-state index contributed by atoms with van der Waals surface area (Å²) in [5, 5.41) is 11.6. The predicted molar refractivity (Wildman–Crippen MR) is 15.7 cm³/mol. The minimum absolute atomic E-state index is 1.11. The van der Waals surface area contributed by atoms with Gasteiger partial charge < -0.3 is 13.5 Å². The van der Waals surface area contributed by atoms with Crippen molar-refractivity contribution < 1.29 is 23.8 Å². The third kappa shape index (κ3) is 3.59. The van der Waals surface area contributed by atoms with Crippen molar-refractivity contribution in [2.45, 2.75) is 0 Å². The second kappa shape index (κ2) is 3.93. The zero-order valence-electron chi connectivity index (χ0n) is 3.04. The molecule has 0 unspecified atom stereocenters. The fourth-order valence-electron chi connectivity index (χ4n) is 0.0479. The molecule has 0 aromatic heterocycles. The van der Waals surface area contributed by atoms with Crippen molar-refractivity contribution in [1.29, 1.82) is 0 Å². The number of rotatable bonds is 3. The summed E-state index contributed by atoms with van der Waals surface area (Å²) in [5.41, 5.74) is 0. The van der Waals surface area contributed by atoms with Crippen molar-refractivity contribution in [3.8, 4) is 0 Å². The number of hydrogen-bond acceptors (Lipinski definition) is 4. The molecule has 2 radical (unpaired) electrons. The normalized spacial score (nSPS) is 7.57. The fourth-order valence-corrected chi connectivity index (χ4v) is 0.348. The minimum Gasteiger partial charge on any atom is -0.376 e. The molecule has 0 spiro atoms. The predicted octanol–water partition coefficient (Wildman–Crippen LogP) is -1.25. The van der Waals surface area contributed by atoms with Crippen molar-refractivity contribution in [1.82, 2.24) is 0 Å². The SMILES string of the molecule is [O]OO[Si](=O)[Si]=O. The van der Waals surface area contributed by atoms with Gasteiger partial charge in [0.1, 0.15) is 0 Å². The van der Waals surface area contributed by atoms with E-state index in [0.29, 0.717) is 0 Å². The molecule has 0 saturated heterocycles. The van der Waals surface area contributed by atoms with Crippen LogP contribution in [0.25, 0.3) is 0 Å². The highest BCUT2D eigenvalue weighted by atomic mass is 29.2. The Morgan fingerprint density at radius 3 is 2.29 bits per heavy atom. The molecule has 7 heteroatoms. The van der Waals surface area contributed by atoms with Gasteiger partial charge in [-0.3, -0.25) is 0 Å². The molecule has 5 nitrogen and oxygen atoms in total. The van der Waals surface area contributed by atoms with Crippen molar-refractivity contribution in [2.24, 2.45) is 0 Å². The Labute approximate surface area is 42.2 Å². The van der Waals surface area contributed by atoms with Gasteiger partial charge in [0.15, 0.2) is 0 Å². The molecule has 7 heavy (non-hydrogen) atoms. The van der Waals surface area contributed by atoms with Gasteiger partial charge in [-0.1, -0.05) is 0 Å². The van der Waals surface area contributed by atoms with Gasteiger partial charge in [0, 0.05) is 10.3 Å². The first-order chi connectivity index (χ1) is 3.31. The zero-order chi connectivity index (χ0) is 5.70. The summed E-state index contributed by atoms with van der Waals surface area (Å²) >= 11 is 0. The lowest BCUT2D eigenvalue weighted by molar-refractivity contribution is -0.485. The van der Waals surface area contributed by atoms with E-state index in [9.17, 15) is 8.92 Å². The van der Waals surface area contributed by atoms with Crippen molar-refractivity contribution in [3.05, 3.63) is 0 Å². The summed E-state index contributed by atoms with van der Waals surface area (Å²) in [6.45, 7) is 0. The molecule has 0 aromatic rings. The molecule has 0 rings (SSSR count). The monoisotopic (exact) mass is 136 g/mol. The Kier molecular flexibility index (Phi) is 3.79. The molecule has 0 N–H and O–H groups in total. The molecule has 0 amide bonds. The van der Waals surface area contributed by atoms with E-state index in [0.717, 1.165) is 0 Å². The highest BCUT2D eigenvalue weighted by Crippen LogP contribution is 1.65. The standard InChI is InChI=1S/O5Si2/c1-4-5-7(3)6-2. The Morgan fingerprint density at radius 2 is 2.14 bits per heavy atom. The molecule has 0 aromatic carbocycles. The summed E-state index contributed by atoms with van der Waals surface area (Å²) < 4.78 is 22.6. The van der Waals surface area contributed by atoms with Gasteiger partial charge in [-0.05, 0) is 0 Å². The van der Waals surface area contributed by atoms with Gasteiger partial charge in [-0.2, -0.15) is 0 Å². The second-order valence-corrected chi connectivity index (χ2v) is 3.32. The fraction of sp³-hybridized carbons (Fsp3) is 0. The van der Waals surface area contributed by atoms with Crippen LogP contribution in [-0.2, 0) is 23.8 Å². The van der Waals surface area contributed by atoms with Crippen molar-refractivity contribution >= 4 is 17.4 Å². The quantitative estimate of drug-likeness (QED) is 0.276. The summed E-state index contributed by atoms with van der Waals surface area (Å²) in [5.74, 6) is 0. The average molecular weight is 136 g/mol. The van der Waals surface area contributed by atoms with Crippen molar-refractivity contribution in [2.75, 3.05) is 0 Å².